The van der Waals surface area contributed by atoms with E-state index in [4.69, 9.17) is 9.15 Å². The molecule has 0 fully saturated rings. The zero-order chi connectivity index (χ0) is 23.3. The third kappa shape index (κ3) is 5.71. The molecular formula is C27H28N2O4. The molecule has 0 aliphatic carbocycles. The molecule has 4 aromatic rings. The number of hydrogen-bond acceptors (Lipinski definition) is 5. The van der Waals surface area contributed by atoms with E-state index in [2.05, 4.69) is 11.1 Å². The average molecular weight is 445 g/mol. The molecule has 1 heterocycles. The number of anilines is 1. The van der Waals surface area contributed by atoms with Gasteiger partial charge in [-0.25, -0.2) is 0 Å². The minimum atomic E-state index is -0.831. The minimum Gasteiger partial charge on any atom is -0.492 e. The van der Waals surface area contributed by atoms with E-state index < -0.39 is 11.4 Å². The molecule has 170 valence electrons. The molecule has 0 unspecified atom stereocenters. The molecule has 0 bridgehead atoms. The number of aliphatic carboxylic acids is 1. The third-order valence-electron chi connectivity index (χ3n) is 5.52. The molecule has 0 radical (unpaired) electrons. The van der Waals surface area contributed by atoms with Gasteiger partial charge in [0.2, 0.25) is 0 Å². The van der Waals surface area contributed by atoms with Crippen molar-refractivity contribution in [2.45, 2.75) is 26.8 Å². The lowest BCUT2D eigenvalue weighted by molar-refractivity contribution is -0.146. The van der Waals surface area contributed by atoms with Crippen LogP contribution >= 0.6 is 0 Å². The molecule has 0 amide bonds. The minimum absolute atomic E-state index is 0.455. The van der Waals surface area contributed by atoms with Gasteiger partial charge in [0.05, 0.1) is 12.0 Å². The van der Waals surface area contributed by atoms with Crippen LogP contribution in [0.4, 0.5) is 6.01 Å². The Morgan fingerprint density at radius 3 is 2.48 bits per heavy atom. The van der Waals surface area contributed by atoms with Crippen molar-refractivity contribution in [3.05, 3.63) is 90.0 Å². The predicted octanol–water partition coefficient (Wildman–Crippen LogP) is 5.57. The lowest BCUT2D eigenvalue weighted by Gasteiger charge is -2.22. The van der Waals surface area contributed by atoms with Crippen molar-refractivity contribution < 1.29 is 19.1 Å². The fourth-order valence-corrected chi connectivity index (χ4v) is 3.67. The highest BCUT2D eigenvalue weighted by Gasteiger charge is 2.27. The summed E-state index contributed by atoms with van der Waals surface area (Å²) in [6.45, 7) is 5.09. The van der Waals surface area contributed by atoms with E-state index in [-0.39, 0.29) is 0 Å². The second-order valence-corrected chi connectivity index (χ2v) is 8.73. The fourth-order valence-electron chi connectivity index (χ4n) is 3.67. The van der Waals surface area contributed by atoms with Gasteiger partial charge in [-0.15, -0.1) is 0 Å². The number of carboxylic acids is 1. The fraction of sp³-hybridized carbons (Fsp3) is 0.259. The number of rotatable bonds is 10. The van der Waals surface area contributed by atoms with Crippen molar-refractivity contribution in [2.24, 2.45) is 5.41 Å². The Morgan fingerprint density at radius 2 is 1.73 bits per heavy atom. The van der Waals surface area contributed by atoms with Crippen LogP contribution in [0.2, 0.25) is 0 Å². The van der Waals surface area contributed by atoms with Gasteiger partial charge in [0.25, 0.3) is 6.01 Å². The van der Waals surface area contributed by atoms with Crippen LogP contribution in [-0.2, 0) is 17.8 Å². The van der Waals surface area contributed by atoms with Crippen molar-refractivity contribution in [3.8, 4) is 5.75 Å². The lowest BCUT2D eigenvalue weighted by atomic mass is 9.85. The van der Waals surface area contributed by atoms with E-state index >= 15 is 0 Å². The zero-order valence-corrected chi connectivity index (χ0v) is 18.9. The van der Waals surface area contributed by atoms with Crippen LogP contribution in [0.1, 0.15) is 25.0 Å². The summed E-state index contributed by atoms with van der Waals surface area (Å²) < 4.78 is 11.9. The summed E-state index contributed by atoms with van der Waals surface area (Å²) in [4.78, 5) is 18.3. The maximum atomic E-state index is 11.6. The molecule has 1 aromatic heterocycles. The standard InChI is InChI=1S/C27H28N2O4/c1-27(2,25(30)31)18-20-9-8-10-21(17-20)19-29(15-16-32-22-11-4-3-5-12-22)26-28-23-13-6-7-14-24(23)33-26/h3-14,17H,15-16,18-19H2,1-2H3,(H,30,31). The van der Waals surface area contributed by atoms with E-state index in [9.17, 15) is 9.90 Å². The van der Waals surface area contributed by atoms with Crippen LogP contribution in [0.5, 0.6) is 5.75 Å². The maximum absolute atomic E-state index is 11.6. The number of nitrogens with zero attached hydrogens (tertiary/aromatic N) is 2. The molecule has 4 rings (SSSR count). The Kier molecular flexibility index (Phi) is 6.63. The highest BCUT2D eigenvalue weighted by atomic mass is 16.5. The number of carbonyl (C=O) groups is 1. The number of ether oxygens (including phenoxy) is 1. The largest absolute Gasteiger partial charge is 0.492 e. The van der Waals surface area contributed by atoms with Gasteiger partial charge >= 0.3 is 5.97 Å². The first-order valence-electron chi connectivity index (χ1n) is 11.0. The molecule has 0 aliphatic rings. The quantitative estimate of drug-likeness (QED) is 0.345. The van der Waals surface area contributed by atoms with Gasteiger partial charge < -0.3 is 19.2 Å². The van der Waals surface area contributed by atoms with E-state index in [1.54, 1.807) is 13.8 Å². The van der Waals surface area contributed by atoms with Crippen molar-refractivity contribution in [1.82, 2.24) is 4.98 Å². The molecule has 0 saturated carbocycles. The number of benzene rings is 3. The molecule has 33 heavy (non-hydrogen) atoms. The Labute approximate surface area is 193 Å². The van der Waals surface area contributed by atoms with Gasteiger partial charge in [-0.3, -0.25) is 4.79 Å². The van der Waals surface area contributed by atoms with Crippen molar-refractivity contribution in [3.63, 3.8) is 0 Å². The zero-order valence-electron chi connectivity index (χ0n) is 18.9. The number of oxazole rings is 1. The first kappa shape index (κ1) is 22.4. The molecule has 3 aromatic carbocycles. The molecule has 0 spiro atoms. The number of fused-ring (bicyclic) bond motifs is 1. The van der Waals surface area contributed by atoms with Crippen LogP contribution in [0.3, 0.4) is 0 Å². The molecule has 0 aliphatic heterocycles. The molecule has 0 atom stereocenters. The maximum Gasteiger partial charge on any atom is 0.309 e. The van der Waals surface area contributed by atoms with Gasteiger partial charge in [-0.2, -0.15) is 4.98 Å². The number of para-hydroxylation sites is 3. The van der Waals surface area contributed by atoms with E-state index in [0.29, 0.717) is 32.1 Å². The number of aromatic nitrogens is 1. The van der Waals surface area contributed by atoms with Gasteiger partial charge in [0.1, 0.15) is 17.9 Å². The Morgan fingerprint density at radius 1 is 1.00 bits per heavy atom. The van der Waals surface area contributed by atoms with Gasteiger partial charge in [0.15, 0.2) is 5.58 Å². The summed E-state index contributed by atoms with van der Waals surface area (Å²) in [5, 5.41) is 9.48. The van der Waals surface area contributed by atoms with E-state index in [0.717, 1.165) is 28.0 Å². The highest BCUT2D eigenvalue weighted by Crippen LogP contribution is 2.25. The van der Waals surface area contributed by atoms with Crippen molar-refractivity contribution in [2.75, 3.05) is 18.1 Å². The van der Waals surface area contributed by atoms with Crippen LogP contribution < -0.4 is 9.64 Å². The van der Waals surface area contributed by atoms with Gasteiger partial charge in [-0.05, 0) is 55.7 Å². The summed E-state index contributed by atoms with van der Waals surface area (Å²) in [6.07, 6.45) is 0.455. The Balaban J connectivity index is 1.54. The monoisotopic (exact) mass is 444 g/mol. The second-order valence-electron chi connectivity index (χ2n) is 8.73. The SMILES string of the molecule is CC(C)(Cc1cccc(CN(CCOc2ccccc2)c2nc3ccccc3o2)c1)C(=O)O. The van der Waals surface area contributed by atoms with Crippen molar-refractivity contribution in [1.29, 1.82) is 0 Å². The Hall–Kier alpha value is -3.80. The normalized spacial score (nSPS) is 11.5. The first-order valence-corrected chi connectivity index (χ1v) is 11.0. The Bertz CT molecular complexity index is 1180. The van der Waals surface area contributed by atoms with Gasteiger partial charge in [-0.1, -0.05) is 54.6 Å². The molecule has 6 nitrogen and oxygen atoms in total. The first-order chi connectivity index (χ1) is 15.9. The molecular weight excluding hydrogens is 416 g/mol. The summed E-state index contributed by atoms with van der Waals surface area (Å²) in [5.41, 5.74) is 2.74. The highest BCUT2D eigenvalue weighted by molar-refractivity contribution is 5.74. The van der Waals surface area contributed by atoms with Crippen LogP contribution in [0.15, 0.2) is 83.3 Å². The predicted molar refractivity (Wildman–Crippen MR) is 129 cm³/mol. The topological polar surface area (TPSA) is 75.8 Å². The molecule has 0 saturated heterocycles. The van der Waals surface area contributed by atoms with E-state index in [1.807, 2.05) is 77.7 Å². The summed E-state index contributed by atoms with van der Waals surface area (Å²) >= 11 is 0. The summed E-state index contributed by atoms with van der Waals surface area (Å²) in [6, 6.07) is 25.9. The third-order valence-corrected chi connectivity index (χ3v) is 5.52. The molecule has 6 heteroatoms. The van der Waals surface area contributed by atoms with Crippen LogP contribution in [-0.4, -0.2) is 29.2 Å². The second kappa shape index (κ2) is 9.77. The van der Waals surface area contributed by atoms with E-state index in [1.165, 1.54) is 0 Å². The number of hydrogen-bond donors (Lipinski definition) is 1. The molecule has 1 N–H and O–H groups in total. The van der Waals surface area contributed by atoms with Crippen LogP contribution in [0, 0.1) is 5.41 Å². The van der Waals surface area contributed by atoms with Crippen molar-refractivity contribution >= 4 is 23.1 Å². The average Bonchev–Trinajstić information content (AvgIpc) is 3.23. The summed E-state index contributed by atoms with van der Waals surface area (Å²) in [7, 11) is 0. The van der Waals surface area contributed by atoms with Gasteiger partial charge in [0, 0.05) is 6.54 Å². The smallest absolute Gasteiger partial charge is 0.309 e. The summed E-state index contributed by atoms with van der Waals surface area (Å²) in [5.74, 6) is 0.00646. The number of carboxylic acid groups (broad SMARTS) is 1. The lowest BCUT2D eigenvalue weighted by Crippen LogP contribution is -2.28. The van der Waals surface area contributed by atoms with Crippen LogP contribution in [0.25, 0.3) is 11.1 Å².